The molecule has 0 spiro atoms. The Bertz CT molecular complexity index is 791. The van der Waals surface area contributed by atoms with Gasteiger partial charge in [0, 0.05) is 37.3 Å². The van der Waals surface area contributed by atoms with Gasteiger partial charge < -0.3 is 5.32 Å². The summed E-state index contributed by atoms with van der Waals surface area (Å²) >= 11 is 0. The lowest BCUT2D eigenvalue weighted by molar-refractivity contribution is 0.220. The average Bonchev–Trinajstić information content (AvgIpc) is 2.52. The number of hydrogen-bond acceptors (Lipinski definition) is 4. The van der Waals surface area contributed by atoms with Gasteiger partial charge in [0.2, 0.25) is 10.0 Å². The standard InChI is InChI=1S/C17H23N3O2S/c1-13-12-20(23(2,21)22)9-7-16(13)19-11-14-5-6-17-15(10-14)4-3-8-18-17/h3-6,8,10,13,16,19H,7,9,11-12H2,1-2H3. The second-order valence-electron chi connectivity index (χ2n) is 6.40. The smallest absolute Gasteiger partial charge is 0.211 e. The van der Waals surface area contributed by atoms with Gasteiger partial charge in [0.1, 0.15) is 0 Å². The molecule has 0 radical (unpaired) electrons. The molecule has 1 saturated heterocycles. The molecule has 0 amide bonds. The Morgan fingerprint density at radius 3 is 2.91 bits per heavy atom. The van der Waals surface area contributed by atoms with E-state index in [1.165, 1.54) is 11.8 Å². The van der Waals surface area contributed by atoms with Gasteiger partial charge in [0.25, 0.3) is 0 Å². The summed E-state index contributed by atoms with van der Waals surface area (Å²) in [6, 6.07) is 10.7. The van der Waals surface area contributed by atoms with E-state index in [2.05, 4.69) is 35.4 Å². The molecule has 0 aliphatic carbocycles. The zero-order valence-corrected chi connectivity index (χ0v) is 14.4. The number of nitrogens with zero attached hydrogens (tertiary/aromatic N) is 2. The van der Waals surface area contributed by atoms with Gasteiger partial charge in [0.05, 0.1) is 11.8 Å². The maximum absolute atomic E-state index is 11.6. The Hall–Kier alpha value is -1.50. The van der Waals surface area contributed by atoms with Crippen molar-refractivity contribution >= 4 is 20.9 Å². The molecule has 2 aromatic rings. The maximum Gasteiger partial charge on any atom is 0.211 e. The van der Waals surface area contributed by atoms with E-state index in [0.717, 1.165) is 23.9 Å². The van der Waals surface area contributed by atoms with Crippen LogP contribution in [-0.4, -0.2) is 43.1 Å². The van der Waals surface area contributed by atoms with E-state index < -0.39 is 10.0 Å². The predicted octanol–water partition coefficient (Wildman–Crippen LogP) is 1.99. The zero-order chi connectivity index (χ0) is 16.4. The van der Waals surface area contributed by atoms with Crippen LogP contribution in [0.5, 0.6) is 0 Å². The highest BCUT2D eigenvalue weighted by Gasteiger charge is 2.29. The highest BCUT2D eigenvalue weighted by molar-refractivity contribution is 7.88. The molecule has 1 aliphatic heterocycles. The highest BCUT2D eigenvalue weighted by atomic mass is 32.2. The lowest BCUT2D eigenvalue weighted by atomic mass is 9.95. The minimum Gasteiger partial charge on any atom is -0.310 e. The van der Waals surface area contributed by atoms with Crippen LogP contribution < -0.4 is 5.32 Å². The van der Waals surface area contributed by atoms with E-state index in [0.29, 0.717) is 25.0 Å². The van der Waals surface area contributed by atoms with Gasteiger partial charge in [-0.25, -0.2) is 12.7 Å². The number of hydrogen-bond donors (Lipinski definition) is 1. The van der Waals surface area contributed by atoms with Crippen LogP contribution in [0.1, 0.15) is 18.9 Å². The van der Waals surface area contributed by atoms with Crippen LogP contribution in [0.15, 0.2) is 36.5 Å². The summed E-state index contributed by atoms with van der Waals surface area (Å²) in [5, 5.41) is 4.73. The van der Waals surface area contributed by atoms with Crippen LogP contribution >= 0.6 is 0 Å². The van der Waals surface area contributed by atoms with Gasteiger partial charge >= 0.3 is 0 Å². The molecule has 3 rings (SSSR count). The zero-order valence-electron chi connectivity index (χ0n) is 13.6. The van der Waals surface area contributed by atoms with Crippen LogP contribution in [0.25, 0.3) is 10.9 Å². The minimum atomic E-state index is -3.08. The summed E-state index contributed by atoms with van der Waals surface area (Å²) in [5.74, 6) is 0.306. The first-order valence-corrected chi connectivity index (χ1v) is 9.80. The number of sulfonamides is 1. The third-order valence-corrected chi connectivity index (χ3v) is 5.84. The summed E-state index contributed by atoms with van der Waals surface area (Å²) < 4.78 is 24.9. The lowest BCUT2D eigenvalue weighted by Gasteiger charge is -2.36. The molecule has 5 nitrogen and oxygen atoms in total. The van der Waals surface area contributed by atoms with Crippen LogP contribution in [0.3, 0.4) is 0 Å². The quantitative estimate of drug-likeness (QED) is 0.929. The van der Waals surface area contributed by atoms with Crippen molar-refractivity contribution in [2.24, 2.45) is 5.92 Å². The molecule has 1 aliphatic rings. The molecule has 1 aromatic heterocycles. The van der Waals surface area contributed by atoms with Crippen LogP contribution in [0, 0.1) is 5.92 Å². The van der Waals surface area contributed by atoms with Gasteiger partial charge in [-0.05, 0) is 36.1 Å². The third kappa shape index (κ3) is 3.88. The number of piperidine rings is 1. The number of nitrogens with one attached hydrogen (secondary N) is 1. The highest BCUT2D eigenvalue weighted by Crippen LogP contribution is 2.20. The van der Waals surface area contributed by atoms with E-state index in [-0.39, 0.29) is 0 Å². The van der Waals surface area contributed by atoms with Gasteiger partial charge in [-0.3, -0.25) is 4.98 Å². The van der Waals surface area contributed by atoms with Crippen molar-refractivity contribution in [2.75, 3.05) is 19.3 Å². The molecule has 2 unspecified atom stereocenters. The van der Waals surface area contributed by atoms with Crippen molar-refractivity contribution in [1.29, 1.82) is 0 Å². The molecule has 1 aromatic carbocycles. The number of fused-ring (bicyclic) bond motifs is 1. The Morgan fingerprint density at radius 2 is 2.17 bits per heavy atom. The van der Waals surface area contributed by atoms with Crippen molar-refractivity contribution in [1.82, 2.24) is 14.6 Å². The Balaban J connectivity index is 1.61. The molecule has 6 heteroatoms. The van der Waals surface area contributed by atoms with E-state index in [1.54, 1.807) is 10.5 Å². The number of aromatic nitrogens is 1. The van der Waals surface area contributed by atoms with E-state index in [4.69, 9.17) is 0 Å². The van der Waals surface area contributed by atoms with Gasteiger partial charge in [-0.2, -0.15) is 0 Å². The van der Waals surface area contributed by atoms with Crippen molar-refractivity contribution in [3.8, 4) is 0 Å². The Morgan fingerprint density at radius 1 is 1.35 bits per heavy atom. The lowest BCUT2D eigenvalue weighted by Crippen LogP contribution is -2.49. The predicted molar refractivity (Wildman–Crippen MR) is 92.6 cm³/mol. The monoisotopic (exact) mass is 333 g/mol. The molecular weight excluding hydrogens is 310 g/mol. The molecule has 0 saturated carbocycles. The molecule has 23 heavy (non-hydrogen) atoms. The van der Waals surface area contributed by atoms with Gasteiger partial charge in [-0.15, -0.1) is 0 Å². The fourth-order valence-electron chi connectivity index (χ4n) is 3.20. The summed E-state index contributed by atoms with van der Waals surface area (Å²) in [6.07, 6.45) is 3.94. The van der Waals surface area contributed by atoms with Crippen LogP contribution in [0.4, 0.5) is 0 Å². The Kier molecular flexibility index (Phi) is 4.66. The summed E-state index contributed by atoms with van der Waals surface area (Å²) in [5.41, 5.74) is 2.23. The first kappa shape index (κ1) is 16.4. The number of rotatable bonds is 4. The third-order valence-electron chi connectivity index (χ3n) is 4.57. The second-order valence-corrected chi connectivity index (χ2v) is 8.39. The van der Waals surface area contributed by atoms with Crippen molar-refractivity contribution in [3.05, 3.63) is 42.1 Å². The topological polar surface area (TPSA) is 62.3 Å². The van der Waals surface area contributed by atoms with Crippen LogP contribution in [-0.2, 0) is 16.6 Å². The first-order chi connectivity index (χ1) is 10.9. The molecule has 2 atom stereocenters. The normalized spacial score (nSPS) is 23.2. The van der Waals surface area contributed by atoms with Crippen molar-refractivity contribution < 1.29 is 8.42 Å². The average molecular weight is 333 g/mol. The minimum absolute atomic E-state index is 0.306. The van der Waals surface area contributed by atoms with Crippen molar-refractivity contribution in [3.63, 3.8) is 0 Å². The fraction of sp³-hybridized carbons (Fsp3) is 0.471. The molecule has 124 valence electrons. The maximum atomic E-state index is 11.6. The SMILES string of the molecule is CC1CN(S(C)(=O)=O)CCC1NCc1ccc2ncccc2c1. The molecule has 0 bridgehead atoms. The van der Waals surface area contributed by atoms with E-state index in [1.807, 2.05) is 12.1 Å². The summed E-state index contributed by atoms with van der Waals surface area (Å²) in [7, 11) is -3.08. The fourth-order valence-corrected chi connectivity index (χ4v) is 4.14. The number of pyridine rings is 1. The Labute approximate surface area is 137 Å². The molecule has 2 heterocycles. The largest absolute Gasteiger partial charge is 0.310 e. The molecule has 1 N–H and O–H groups in total. The van der Waals surface area contributed by atoms with E-state index in [9.17, 15) is 8.42 Å². The van der Waals surface area contributed by atoms with Gasteiger partial charge in [-0.1, -0.05) is 19.1 Å². The first-order valence-electron chi connectivity index (χ1n) is 7.95. The second kappa shape index (κ2) is 6.55. The molecule has 1 fully saturated rings. The summed E-state index contributed by atoms with van der Waals surface area (Å²) in [6.45, 7) is 4.10. The number of benzene rings is 1. The van der Waals surface area contributed by atoms with Crippen molar-refractivity contribution in [2.45, 2.75) is 25.9 Å². The molecular formula is C17H23N3O2S. The van der Waals surface area contributed by atoms with Crippen LogP contribution in [0.2, 0.25) is 0 Å². The van der Waals surface area contributed by atoms with E-state index >= 15 is 0 Å². The summed E-state index contributed by atoms with van der Waals surface area (Å²) in [4.78, 5) is 4.33. The van der Waals surface area contributed by atoms with Gasteiger partial charge in [0.15, 0.2) is 0 Å².